The molecule has 0 spiro atoms. The van der Waals surface area contributed by atoms with Gasteiger partial charge in [-0.25, -0.2) is 4.79 Å². The molecule has 1 fully saturated rings. The van der Waals surface area contributed by atoms with E-state index in [1.54, 1.807) is 0 Å². The minimum absolute atomic E-state index is 0.253. The van der Waals surface area contributed by atoms with Crippen molar-refractivity contribution in [2.75, 3.05) is 6.54 Å². The van der Waals surface area contributed by atoms with E-state index in [0.717, 1.165) is 17.7 Å². The Morgan fingerprint density at radius 1 is 1.55 bits per heavy atom. The smallest absolute Gasteiger partial charge is 0.412 e. The zero-order valence-corrected chi connectivity index (χ0v) is 6.03. The van der Waals surface area contributed by atoms with E-state index in [9.17, 15) is 4.79 Å². The van der Waals surface area contributed by atoms with Crippen LogP contribution in [0.5, 0.6) is 0 Å². The van der Waals surface area contributed by atoms with E-state index in [-0.39, 0.29) is 5.84 Å². The maximum Gasteiger partial charge on any atom is 0.412 e. The van der Waals surface area contributed by atoms with E-state index in [1.807, 2.05) is 0 Å². The Hall–Kier alpha value is -1.26. The van der Waals surface area contributed by atoms with Crippen LogP contribution in [0.4, 0.5) is 4.79 Å². The maximum atomic E-state index is 10.5. The molecule has 1 saturated heterocycles. The van der Waals surface area contributed by atoms with Gasteiger partial charge in [-0.1, -0.05) is 5.16 Å². The van der Waals surface area contributed by atoms with Crippen LogP contribution in [-0.2, 0) is 0 Å². The van der Waals surface area contributed by atoms with Crippen LogP contribution in [0, 0.1) is 0 Å². The second-order valence-electron chi connectivity index (χ2n) is 2.41. The molecule has 11 heavy (non-hydrogen) atoms. The number of amides is 1. The summed E-state index contributed by atoms with van der Waals surface area (Å²) in [5.74, 6) is 0.253. The molecule has 0 aromatic rings. The Balaban J connectivity index is 2.67. The van der Waals surface area contributed by atoms with Crippen molar-refractivity contribution in [3.05, 3.63) is 0 Å². The molecule has 2 N–H and O–H groups in total. The van der Waals surface area contributed by atoms with Crippen LogP contribution < -0.4 is 0 Å². The average molecular weight is 158 g/mol. The number of amidine groups is 1. The van der Waals surface area contributed by atoms with Gasteiger partial charge in [-0.3, -0.25) is 4.90 Å². The minimum atomic E-state index is -1.04. The number of hydrogen-bond donors (Lipinski definition) is 2. The van der Waals surface area contributed by atoms with Crippen molar-refractivity contribution in [1.29, 1.82) is 0 Å². The van der Waals surface area contributed by atoms with Crippen LogP contribution in [-0.4, -0.2) is 33.7 Å². The highest BCUT2D eigenvalue weighted by Gasteiger charge is 2.22. The summed E-state index contributed by atoms with van der Waals surface area (Å²) in [4.78, 5) is 11.5. The lowest BCUT2D eigenvalue weighted by molar-refractivity contribution is 0.162. The summed E-state index contributed by atoms with van der Waals surface area (Å²) in [6.45, 7) is 0.439. The van der Waals surface area contributed by atoms with Gasteiger partial charge in [0.2, 0.25) is 0 Å². The first kappa shape index (κ1) is 7.84. The predicted octanol–water partition coefficient (Wildman–Crippen LogP) is 0.938. The van der Waals surface area contributed by atoms with Crippen LogP contribution in [0.3, 0.4) is 0 Å². The van der Waals surface area contributed by atoms with Crippen LogP contribution in [0.25, 0.3) is 0 Å². The third-order valence-electron chi connectivity index (χ3n) is 1.69. The first-order valence-electron chi connectivity index (χ1n) is 3.47. The summed E-state index contributed by atoms with van der Waals surface area (Å²) in [7, 11) is 0. The van der Waals surface area contributed by atoms with Gasteiger partial charge in [-0.05, 0) is 12.8 Å². The SMILES string of the molecule is O=C(O)N1CCCCC1=NO. The number of carbonyl (C=O) groups is 1. The minimum Gasteiger partial charge on any atom is -0.465 e. The number of oxime groups is 1. The van der Waals surface area contributed by atoms with Gasteiger partial charge in [0.05, 0.1) is 0 Å². The van der Waals surface area contributed by atoms with Crippen molar-refractivity contribution in [2.45, 2.75) is 19.3 Å². The molecule has 0 unspecified atom stereocenters. The number of likely N-dealkylation sites (tertiary alicyclic amines) is 1. The zero-order valence-electron chi connectivity index (χ0n) is 6.03. The van der Waals surface area contributed by atoms with Gasteiger partial charge in [-0.15, -0.1) is 0 Å². The van der Waals surface area contributed by atoms with Gasteiger partial charge >= 0.3 is 6.09 Å². The first-order chi connectivity index (χ1) is 5.25. The van der Waals surface area contributed by atoms with E-state index >= 15 is 0 Å². The molecule has 62 valence electrons. The van der Waals surface area contributed by atoms with Crippen molar-refractivity contribution in [2.24, 2.45) is 5.16 Å². The first-order valence-corrected chi connectivity index (χ1v) is 3.47. The number of nitrogens with zero attached hydrogens (tertiary/aromatic N) is 2. The molecule has 5 heteroatoms. The zero-order chi connectivity index (χ0) is 8.27. The predicted molar refractivity (Wildman–Crippen MR) is 37.8 cm³/mol. The van der Waals surface area contributed by atoms with Crippen LogP contribution in [0.1, 0.15) is 19.3 Å². The Kier molecular flexibility index (Phi) is 2.30. The quantitative estimate of drug-likeness (QED) is 0.407. The fourth-order valence-electron chi connectivity index (χ4n) is 1.13. The molecule has 0 saturated carbocycles. The van der Waals surface area contributed by atoms with Crippen molar-refractivity contribution >= 4 is 11.9 Å². The molecule has 0 aliphatic carbocycles. The lowest BCUT2D eigenvalue weighted by atomic mass is 10.1. The summed E-state index contributed by atoms with van der Waals surface area (Å²) in [5, 5.41) is 19.9. The fourth-order valence-corrected chi connectivity index (χ4v) is 1.13. The summed E-state index contributed by atoms with van der Waals surface area (Å²) >= 11 is 0. The molecule has 0 atom stereocenters. The third kappa shape index (κ3) is 1.60. The Labute approximate surface area is 63.9 Å². The highest BCUT2D eigenvalue weighted by molar-refractivity contribution is 5.94. The van der Waals surface area contributed by atoms with Gasteiger partial charge in [0.1, 0.15) is 0 Å². The summed E-state index contributed by atoms with van der Waals surface area (Å²) in [6, 6.07) is 0. The van der Waals surface area contributed by atoms with Crippen LogP contribution in [0.15, 0.2) is 5.16 Å². The number of piperidine rings is 1. The molecule has 1 rings (SSSR count). The van der Waals surface area contributed by atoms with Crippen LogP contribution in [0.2, 0.25) is 0 Å². The molecule has 1 amide bonds. The molecule has 0 radical (unpaired) electrons. The topological polar surface area (TPSA) is 73.1 Å². The molecular formula is C6H10N2O3. The molecular weight excluding hydrogens is 148 g/mol. The van der Waals surface area contributed by atoms with E-state index in [1.165, 1.54) is 0 Å². The molecule has 0 bridgehead atoms. The number of hydrogen-bond acceptors (Lipinski definition) is 3. The normalized spacial score (nSPS) is 22.2. The molecule has 1 heterocycles. The Bertz CT molecular complexity index is 190. The van der Waals surface area contributed by atoms with E-state index < -0.39 is 6.09 Å². The lowest BCUT2D eigenvalue weighted by Gasteiger charge is -2.23. The fraction of sp³-hybridized carbons (Fsp3) is 0.667. The number of rotatable bonds is 0. The van der Waals surface area contributed by atoms with Crippen molar-refractivity contribution in [3.8, 4) is 0 Å². The van der Waals surface area contributed by atoms with Gasteiger partial charge in [0.15, 0.2) is 5.84 Å². The van der Waals surface area contributed by atoms with Gasteiger partial charge < -0.3 is 10.3 Å². The van der Waals surface area contributed by atoms with Gasteiger partial charge in [0.25, 0.3) is 0 Å². The monoisotopic (exact) mass is 158 g/mol. The standard InChI is InChI=1S/C6H10N2O3/c9-6(10)8-4-2-1-3-5(8)7-11/h11H,1-4H2,(H,9,10). The van der Waals surface area contributed by atoms with E-state index in [0.29, 0.717) is 13.0 Å². The van der Waals surface area contributed by atoms with E-state index in [2.05, 4.69) is 5.16 Å². The van der Waals surface area contributed by atoms with Crippen molar-refractivity contribution in [1.82, 2.24) is 4.90 Å². The third-order valence-corrected chi connectivity index (χ3v) is 1.69. The average Bonchev–Trinajstić information content (AvgIpc) is 2.04. The highest BCUT2D eigenvalue weighted by atomic mass is 16.4. The second-order valence-corrected chi connectivity index (χ2v) is 2.41. The summed E-state index contributed by atoms with van der Waals surface area (Å²) in [6.07, 6.45) is 1.23. The molecule has 5 nitrogen and oxygen atoms in total. The Morgan fingerprint density at radius 3 is 2.73 bits per heavy atom. The van der Waals surface area contributed by atoms with Gasteiger partial charge in [-0.2, -0.15) is 0 Å². The van der Waals surface area contributed by atoms with Gasteiger partial charge in [0, 0.05) is 13.0 Å². The molecule has 1 aliphatic heterocycles. The summed E-state index contributed by atoms with van der Waals surface area (Å²) in [5.41, 5.74) is 0. The summed E-state index contributed by atoms with van der Waals surface area (Å²) < 4.78 is 0. The van der Waals surface area contributed by atoms with Crippen LogP contribution >= 0.6 is 0 Å². The lowest BCUT2D eigenvalue weighted by Crippen LogP contribution is -2.39. The highest BCUT2D eigenvalue weighted by Crippen LogP contribution is 2.11. The van der Waals surface area contributed by atoms with Crippen molar-refractivity contribution < 1.29 is 15.1 Å². The second kappa shape index (κ2) is 3.23. The number of carboxylic acid groups (broad SMARTS) is 1. The van der Waals surface area contributed by atoms with Crippen molar-refractivity contribution in [3.63, 3.8) is 0 Å². The largest absolute Gasteiger partial charge is 0.465 e. The molecule has 0 aromatic heterocycles. The molecule has 1 aliphatic rings. The van der Waals surface area contributed by atoms with E-state index in [4.69, 9.17) is 10.3 Å². The maximum absolute atomic E-state index is 10.5. The molecule has 0 aromatic carbocycles. The Morgan fingerprint density at radius 2 is 2.27 bits per heavy atom.